The first-order valence-corrected chi connectivity index (χ1v) is 5.24. The zero-order valence-electron chi connectivity index (χ0n) is 8.98. The van der Waals surface area contributed by atoms with E-state index in [1.165, 1.54) is 6.39 Å². The highest BCUT2D eigenvalue weighted by atomic mass is 16.5. The molecule has 1 aromatic rings. The molecule has 1 aromatic heterocycles. The van der Waals surface area contributed by atoms with Crippen LogP contribution in [0.25, 0.3) is 0 Å². The molecule has 2 N–H and O–H groups in total. The van der Waals surface area contributed by atoms with Gasteiger partial charge in [-0.25, -0.2) is 4.98 Å². The molecule has 0 spiro atoms. The normalized spacial score (nSPS) is 20.4. The lowest BCUT2D eigenvalue weighted by molar-refractivity contribution is 0.0134. The summed E-state index contributed by atoms with van der Waals surface area (Å²) in [5.41, 5.74) is 6.72. The van der Waals surface area contributed by atoms with Gasteiger partial charge in [-0.15, -0.1) is 0 Å². The Balaban J connectivity index is 2.12. The predicted molar refractivity (Wildman–Crippen MR) is 55.4 cm³/mol. The largest absolute Gasteiger partial charge is 0.446 e. The van der Waals surface area contributed by atoms with E-state index >= 15 is 0 Å². The van der Waals surface area contributed by atoms with Crippen LogP contribution in [0.15, 0.2) is 10.8 Å². The van der Waals surface area contributed by atoms with Crippen LogP contribution in [0.3, 0.4) is 0 Å². The molecular formula is C10H17N3O2. The van der Waals surface area contributed by atoms with Crippen molar-refractivity contribution in [1.82, 2.24) is 9.88 Å². The Bertz CT molecular complexity index is 307. The van der Waals surface area contributed by atoms with E-state index < -0.39 is 0 Å². The van der Waals surface area contributed by atoms with Crippen LogP contribution < -0.4 is 5.73 Å². The number of morpholine rings is 1. The van der Waals surface area contributed by atoms with E-state index in [4.69, 9.17) is 14.9 Å². The highest BCUT2D eigenvalue weighted by molar-refractivity contribution is 5.10. The number of hydrogen-bond donors (Lipinski definition) is 1. The number of ether oxygens (including phenoxy) is 1. The molecule has 0 saturated carbocycles. The summed E-state index contributed by atoms with van der Waals surface area (Å²) in [6.07, 6.45) is 1.48. The summed E-state index contributed by atoms with van der Waals surface area (Å²) in [7, 11) is 0. The Morgan fingerprint density at radius 2 is 2.27 bits per heavy atom. The summed E-state index contributed by atoms with van der Waals surface area (Å²) in [5, 5.41) is 0. The summed E-state index contributed by atoms with van der Waals surface area (Å²) >= 11 is 0. The maximum absolute atomic E-state index is 5.79. The average molecular weight is 211 g/mol. The molecule has 1 fully saturated rings. The van der Waals surface area contributed by atoms with Crippen molar-refractivity contribution in [3.63, 3.8) is 0 Å². The fraction of sp³-hybridized carbons (Fsp3) is 0.700. The Labute approximate surface area is 89.2 Å². The number of rotatable bonds is 3. The van der Waals surface area contributed by atoms with E-state index in [1.54, 1.807) is 0 Å². The van der Waals surface area contributed by atoms with E-state index in [9.17, 15) is 0 Å². The third-order valence-corrected chi connectivity index (χ3v) is 2.79. The van der Waals surface area contributed by atoms with Crippen molar-refractivity contribution < 1.29 is 9.15 Å². The zero-order valence-corrected chi connectivity index (χ0v) is 8.98. The molecule has 2 heterocycles. The van der Waals surface area contributed by atoms with E-state index in [0.717, 1.165) is 37.8 Å². The molecule has 15 heavy (non-hydrogen) atoms. The second kappa shape index (κ2) is 4.74. The molecule has 5 nitrogen and oxygen atoms in total. The minimum Gasteiger partial charge on any atom is -0.446 e. The maximum atomic E-state index is 5.79. The lowest BCUT2D eigenvalue weighted by Crippen LogP contribution is -2.41. The number of oxazole rings is 1. The van der Waals surface area contributed by atoms with Gasteiger partial charge in [0.2, 0.25) is 0 Å². The molecular weight excluding hydrogens is 194 g/mol. The summed E-state index contributed by atoms with van der Waals surface area (Å²) in [6.45, 7) is 5.84. The van der Waals surface area contributed by atoms with Gasteiger partial charge in [-0.3, -0.25) is 4.90 Å². The molecule has 0 aliphatic carbocycles. The van der Waals surface area contributed by atoms with Crippen LogP contribution in [0.5, 0.6) is 0 Å². The molecule has 0 bridgehead atoms. The van der Waals surface area contributed by atoms with Crippen molar-refractivity contribution in [1.29, 1.82) is 0 Å². The molecule has 1 aliphatic heterocycles. The van der Waals surface area contributed by atoms with Gasteiger partial charge in [-0.2, -0.15) is 0 Å². The monoisotopic (exact) mass is 211 g/mol. The first kappa shape index (κ1) is 10.6. The van der Waals surface area contributed by atoms with E-state index in [2.05, 4.69) is 9.88 Å². The molecule has 0 radical (unpaired) electrons. The van der Waals surface area contributed by atoms with Gasteiger partial charge in [0.25, 0.3) is 0 Å². The summed E-state index contributed by atoms with van der Waals surface area (Å²) in [4.78, 5) is 6.39. The zero-order chi connectivity index (χ0) is 10.7. The molecule has 2 rings (SSSR count). The van der Waals surface area contributed by atoms with E-state index in [-0.39, 0.29) is 6.04 Å². The SMILES string of the molecule is Cc1ncoc1C(CN)N1CCOCC1. The molecule has 1 aliphatic rings. The van der Waals surface area contributed by atoms with E-state index in [0.29, 0.717) is 6.54 Å². The van der Waals surface area contributed by atoms with Crippen molar-refractivity contribution in [2.24, 2.45) is 5.73 Å². The fourth-order valence-corrected chi connectivity index (χ4v) is 1.94. The number of hydrogen-bond acceptors (Lipinski definition) is 5. The first-order chi connectivity index (χ1) is 7.33. The van der Waals surface area contributed by atoms with E-state index in [1.807, 2.05) is 6.92 Å². The van der Waals surface area contributed by atoms with Gasteiger partial charge in [0.05, 0.1) is 24.9 Å². The molecule has 1 unspecified atom stereocenters. The lowest BCUT2D eigenvalue weighted by Gasteiger charge is -2.32. The maximum Gasteiger partial charge on any atom is 0.181 e. The van der Waals surface area contributed by atoms with Crippen LogP contribution in [0, 0.1) is 6.92 Å². The first-order valence-electron chi connectivity index (χ1n) is 5.24. The topological polar surface area (TPSA) is 64.5 Å². The van der Waals surface area contributed by atoms with Gasteiger partial charge in [-0.1, -0.05) is 0 Å². The molecule has 84 valence electrons. The molecule has 0 aromatic carbocycles. The quantitative estimate of drug-likeness (QED) is 0.779. The summed E-state index contributed by atoms with van der Waals surface area (Å²) < 4.78 is 10.7. The van der Waals surface area contributed by atoms with Crippen LogP contribution >= 0.6 is 0 Å². The van der Waals surface area contributed by atoms with Crippen molar-refractivity contribution in [2.75, 3.05) is 32.8 Å². The third kappa shape index (κ3) is 2.19. The second-order valence-electron chi connectivity index (χ2n) is 3.70. The van der Waals surface area contributed by atoms with Crippen molar-refractivity contribution in [3.05, 3.63) is 17.8 Å². The number of aromatic nitrogens is 1. The minimum absolute atomic E-state index is 0.136. The van der Waals surface area contributed by atoms with Gasteiger partial charge in [0, 0.05) is 19.6 Å². The highest BCUT2D eigenvalue weighted by Crippen LogP contribution is 2.22. The third-order valence-electron chi connectivity index (χ3n) is 2.79. The van der Waals surface area contributed by atoms with Gasteiger partial charge in [-0.05, 0) is 6.92 Å². The van der Waals surface area contributed by atoms with Crippen LogP contribution in [0.4, 0.5) is 0 Å². The number of nitrogens with zero attached hydrogens (tertiary/aromatic N) is 2. The van der Waals surface area contributed by atoms with Crippen LogP contribution in [0.1, 0.15) is 17.5 Å². The average Bonchev–Trinajstić information content (AvgIpc) is 2.68. The van der Waals surface area contributed by atoms with Crippen LogP contribution in [0.2, 0.25) is 0 Å². The van der Waals surface area contributed by atoms with Crippen LogP contribution in [-0.2, 0) is 4.74 Å². The van der Waals surface area contributed by atoms with Crippen molar-refractivity contribution in [3.8, 4) is 0 Å². The van der Waals surface area contributed by atoms with Gasteiger partial charge in [0.1, 0.15) is 5.76 Å². The number of aryl methyl sites for hydroxylation is 1. The highest BCUT2D eigenvalue weighted by Gasteiger charge is 2.25. The Morgan fingerprint density at radius 1 is 1.53 bits per heavy atom. The molecule has 0 amide bonds. The van der Waals surface area contributed by atoms with Gasteiger partial charge >= 0.3 is 0 Å². The Hall–Kier alpha value is -0.910. The van der Waals surface area contributed by atoms with Crippen LogP contribution in [-0.4, -0.2) is 42.7 Å². The second-order valence-corrected chi connectivity index (χ2v) is 3.70. The van der Waals surface area contributed by atoms with Gasteiger partial charge < -0.3 is 14.9 Å². The standard InChI is InChI=1S/C10H17N3O2/c1-8-10(15-7-12-8)9(6-11)13-2-4-14-5-3-13/h7,9H,2-6,11H2,1H3. The Morgan fingerprint density at radius 3 is 2.80 bits per heavy atom. The smallest absolute Gasteiger partial charge is 0.181 e. The minimum atomic E-state index is 0.136. The van der Waals surface area contributed by atoms with Gasteiger partial charge in [0.15, 0.2) is 6.39 Å². The van der Waals surface area contributed by atoms with Crippen molar-refractivity contribution in [2.45, 2.75) is 13.0 Å². The summed E-state index contributed by atoms with van der Waals surface area (Å²) in [6, 6.07) is 0.136. The molecule has 1 atom stereocenters. The number of nitrogens with two attached hydrogens (primary N) is 1. The predicted octanol–water partition coefficient (Wildman–Crippen LogP) is 0.315. The molecule has 1 saturated heterocycles. The van der Waals surface area contributed by atoms with Crippen molar-refractivity contribution >= 4 is 0 Å². The lowest BCUT2D eigenvalue weighted by atomic mass is 10.1. The Kier molecular flexibility index (Phi) is 3.35. The fourth-order valence-electron chi connectivity index (χ4n) is 1.94. The molecule has 5 heteroatoms. The summed E-state index contributed by atoms with van der Waals surface area (Å²) in [5.74, 6) is 0.888.